The quantitative estimate of drug-likeness (QED) is 0.846. The molecule has 0 saturated carbocycles. The third-order valence-corrected chi connectivity index (χ3v) is 2.20. The van der Waals surface area contributed by atoms with E-state index in [9.17, 15) is 9.18 Å². The molecule has 82 valence electrons. The van der Waals surface area contributed by atoms with Crippen molar-refractivity contribution in [2.75, 3.05) is 0 Å². The molecule has 16 heavy (non-hydrogen) atoms. The van der Waals surface area contributed by atoms with Crippen molar-refractivity contribution in [3.63, 3.8) is 0 Å². The lowest BCUT2D eigenvalue weighted by Gasteiger charge is -1.99. The molecule has 0 aliphatic carbocycles. The molecular formula is C11H8FNO3. The lowest BCUT2D eigenvalue weighted by molar-refractivity contribution is 0.0686. The first-order valence-corrected chi connectivity index (χ1v) is 4.55. The average molecular weight is 221 g/mol. The van der Waals surface area contributed by atoms with E-state index in [0.717, 1.165) is 0 Å². The smallest absolute Gasteiger partial charge is 0.358 e. The maximum Gasteiger partial charge on any atom is 0.358 e. The van der Waals surface area contributed by atoms with Crippen molar-refractivity contribution in [3.8, 4) is 11.1 Å². The third kappa shape index (κ3) is 1.67. The van der Waals surface area contributed by atoms with Crippen molar-refractivity contribution in [1.29, 1.82) is 0 Å². The Balaban J connectivity index is 2.58. The van der Waals surface area contributed by atoms with E-state index >= 15 is 0 Å². The molecule has 1 aromatic heterocycles. The maximum atomic E-state index is 12.7. The van der Waals surface area contributed by atoms with Gasteiger partial charge >= 0.3 is 5.97 Å². The highest BCUT2D eigenvalue weighted by Gasteiger charge is 2.20. The number of benzene rings is 1. The van der Waals surface area contributed by atoms with Gasteiger partial charge in [-0.05, 0) is 24.6 Å². The molecule has 0 aliphatic heterocycles. The first kappa shape index (κ1) is 10.4. The Labute approximate surface area is 90.3 Å². The minimum atomic E-state index is -1.17. The fourth-order valence-corrected chi connectivity index (χ4v) is 1.47. The van der Waals surface area contributed by atoms with Crippen molar-refractivity contribution in [1.82, 2.24) is 5.16 Å². The van der Waals surface area contributed by atoms with Gasteiger partial charge in [-0.15, -0.1) is 0 Å². The van der Waals surface area contributed by atoms with Crippen LogP contribution in [0.25, 0.3) is 11.1 Å². The van der Waals surface area contributed by atoms with E-state index in [1.807, 2.05) is 0 Å². The van der Waals surface area contributed by atoms with Gasteiger partial charge in [0.1, 0.15) is 11.6 Å². The molecule has 1 heterocycles. The number of carboxylic acid groups (broad SMARTS) is 1. The zero-order valence-corrected chi connectivity index (χ0v) is 8.40. The van der Waals surface area contributed by atoms with E-state index in [1.54, 1.807) is 6.92 Å². The summed E-state index contributed by atoms with van der Waals surface area (Å²) in [6.07, 6.45) is 0. The Bertz CT molecular complexity index is 531. The molecule has 0 unspecified atom stereocenters. The molecule has 0 saturated heterocycles. The van der Waals surface area contributed by atoms with Crippen molar-refractivity contribution >= 4 is 5.97 Å². The van der Waals surface area contributed by atoms with Crippen LogP contribution in [0.1, 0.15) is 16.2 Å². The molecule has 0 aliphatic rings. The Morgan fingerprint density at radius 2 is 2.00 bits per heavy atom. The number of carbonyl (C=O) groups is 1. The second-order valence-electron chi connectivity index (χ2n) is 3.27. The monoisotopic (exact) mass is 221 g/mol. The molecule has 1 N–H and O–H groups in total. The van der Waals surface area contributed by atoms with Crippen LogP contribution in [0.15, 0.2) is 28.8 Å². The number of nitrogens with zero attached hydrogens (tertiary/aromatic N) is 1. The second kappa shape index (κ2) is 3.77. The van der Waals surface area contributed by atoms with Gasteiger partial charge in [-0.1, -0.05) is 17.3 Å². The van der Waals surface area contributed by atoms with E-state index in [4.69, 9.17) is 9.63 Å². The molecule has 1 aromatic carbocycles. The van der Waals surface area contributed by atoms with Gasteiger partial charge in [-0.3, -0.25) is 0 Å². The van der Waals surface area contributed by atoms with E-state index in [2.05, 4.69) is 5.16 Å². The second-order valence-corrected chi connectivity index (χ2v) is 3.27. The number of aromatic carboxylic acids is 1. The first-order chi connectivity index (χ1) is 7.59. The van der Waals surface area contributed by atoms with Gasteiger partial charge in [0.15, 0.2) is 5.69 Å². The van der Waals surface area contributed by atoms with Crippen LogP contribution in [0.2, 0.25) is 0 Å². The van der Waals surface area contributed by atoms with Crippen LogP contribution < -0.4 is 0 Å². The zero-order chi connectivity index (χ0) is 11.7. The van der Waals surface area contributed by atoms with E-state index in [1.165, 1.54) is 24.3 Å². The summed E-state index contributed by atoms with van der Waals surface area (Å²) in [5, 5.41) is 12.3. The lowest BCUT2D eigenvalue weighted by atomic mass is 10.0. The van der Waals surface area contributed by atoms with Crippen molar-refractivity contribution in [2.45, 2.75) is 6.92 Å². The zero-order valence-electron chi connectivity index (χ0n) is 8.40. The van der Waals surface area contributed by atoms with Gasteiger partial charge in [0, 0.05) is 0 Å². The fraction of sp³-hybridized carbons (Fsp3) is 0.0909. The van der Waals surface area contributed by atoms with Crippen LogP contribution in [0.5, 0.6) is 0 Å². The Morgan fingerprint density at radius 3 is 2.56 bits per heavy atom. The molecular weight excluding hydrogens is 213 g/mol. The van der Waals surface area contributed by atoms with Crippen LogP contribution in [0.3, 0.4) is 0 Å². The molecule has 0 radical (unpaired) electrons. The first-order valence-electron chi connectivity index (χ1n) is 4.55. The number of halogens is 1. The van der Waals surface area contributed by atoms with Crippen LogP contribution in [-0.2, 0) is 0 Å². The number of hydrogen-bond acceptors (Lipinski definition) is 3. The number of rotatable bonds is 2. The van der Waals surface area contributed by atoms with Gasteiger partial charge in [0.05, 0.1) is 5.56 Å². The van der Waals surface area contributed by atoms with E-state index in [0.29, 0.717) is 16.9 Å². The summed E-state index contributed by atoms with van der Waals surface area (Å²) in [5.74, 6) is -1.16. The number of aryl methyl sites for hydroxylation is 1. The minimum absolute atomic E-state index is 0.163. The average Bonchev–Trinajstić information content (AvgIpc) is 2.62. The molecule has 0 spiro atoms. The normalized spacial score (nSPS) is 10.4. The van der Waals surface area contributed by atoms with Crippen LogP contribution in [-0.4, -0.2) is 16.2 Å². The minimum Gasteiger partial charge on any atom is -0.476 e. The van der Waals surface area contributed by atoms with Gasteiger partial charge in [-0.25, -0.2) is 9.18 Å². The molecule has 2 rings (SSSR count). The summed E-state index contributed by atoms with van der Waals surface area (Å²) in [6, 6.07) is 5.49. The van der Waals surface area contributed by atoms with Crippen LogP contribution in [0.4, 0.5) is 4.39 Å². The van der Waals surface area contributed by atoms with Crippen molar-refractivity contribution < 1.29 is 18.8 Å². The molecule has 0 atom stereocenters. The molecule has 0 bridgehead atoms. The Kier molecular flexibility index (Phi) is 2.44. The SMILES string of the molecule is Cc1onc(C(=O)O)c1-c1ccc(F)cc1. The van der Waals surface area contributed by atoms with Crippen LogP contribution >= 0.6 is 0 Å². The highest BCUT2D eigenvalue weighted by Crippen LogP contribution is 2.27. The largest absolute Gasteiger partial charge is 0.476 e. The topological polar surface area (TPSA) is 63.3 Å². The summed E-state index contributed by atoms with van der Waals surface area (Å²) in [5.41, 5.74) is 0.786. The summed E-state index contributed by atoms with van der Waals surface area (Å²) in [7, 11) is 0. The molecule has 4 nitrogen and oxygen atoms in total. The molecule has 5 heteroatoms. The van der Waals surface area contributed by atoms with Gasteiger partial charge < -0.3 is 9.63 Å². The van der Waals surface area contributed by atoms with Gasteiger partial charge in [-0.2, -0.15) is 0 Å². The van der Waals surface area contributed by atoms with Crippen molar-refractivity contribution in [2.24, 2.45) is 0 Å². The molecule has 0 amide bonds. The molecule has 2 aromatic rings. The third-order valence-electron chi connectivity index (χ3n) is 2.20. The van der Waals surface area contributed by atoms with Gasteiger partial charge in [0.2, 0.25) is 0 Å². The highest BCUT2D eigenvalue weighted by atomic mass is 19.1. The predicted octanol–water partition coefficient (Wildman–Crippen LogP) is 2.49. The Hall–Kier alpha value is -2.17. The summed E-state index contributed by atoms with van der Waals surface area (Å²) in [6.45, 7) is 1.61. The lowest BCUT2D eigenvalue weighted by Crippen LogP contribution is -1.99. The van der Waals surface area contributed by atoms with Crippen LogP contribution in [0, 0.1) is 12.7 Å². The summed E-state index contributed by atoms with van der Waals surface area (Å²) >= 11 is 0. The number of carboxylic acids is 1. The fourth-order valence-electron chi connectivity index (χ4n) is 1.47. The number of hydrogen-bond donors (Lipinski definition) is 1. The number of aromatic nitrogens is 1. The van der Waals surface area contributed by atoms with E-state index in [-0.39, 0.29) is 11.5 Å². The summed E-state index contributed by atoms with van der Waals surface area (Å²) in [4.78, 5) is 10.9. The van der Waals surface area contributed by atoms with Gasteiger partial charge in [0.25, 0.3) is 0 Å². The summed E-state index contributed by atoms with van der Waals surface area (Å²) < 4.78 is 17.5. The van der Waals surface area contributed by atoms with Crippen molar-refractivity contribution in [3.05, 3.63) is 41.5 Å². The maximum absolute atomic E-state index is 12.7. The standard InChI is InChI=1S/C11H8FNO3/c1-6-9(10(11(14)15)13-16-6)7-2-4-8(12)5-3-7/h2-5H,1H3,(H,14,15). The molecule has 0 fully saturated rings. The Morgan fingerprint density at radius 1 is 1.38 bits per heavy atom. The van der Waals surface area contributed by atoms with E-state index < -0.39 is 5.97 Å². The highest BCUT2D eigenvalue weighted by molar-refractivity contribution is 5.94. The predicted molar refractivity (Wildman–Crippen MR) is 53.6 cm³/mol.